The summed E-state index contributed by atoms with van der Waals surface area (Å²) in [6.45, 7) is 1.19. The number of piperidine rings is 1. The number of benzene rings is 1. The highest BCUT2D eigenvalue weighted by atomic mass is 35.5. The summed E-state index contributed by atoms with van der Waals surface area (Å²) in [7, 11) is 1.50. The molecule has 3 rings (SSSR count). The maximum Gasteiger partial charge on any atom is 0.319 e. The van der Waals surface area contributed by atoms with E-state index in [0.29, 0.717) is 29.6 Å². The number of methoxy groups -OCH3 is 1. The van der Waals surface area contributed by atoms with E-state index < -0.39 is 0 Å². The van der Waals surface area contributed by atoms with Crippen LogP contribution in [0.15, 0.2) is 36.5 Å². The molecule has 0 spiro atoms. The highest BCUT2D eigenvalue weighted by molar-refractivity contribution is 6.33. The van der Waals surface area contributed by atoms with Gasteiger partial charge >= 0.3 is 6.01 Å². The second-order valence-electron chi connectivity index (χ2n) is 5.49. The van der Waals surface area contributed by atoms with Gasteiger partial charge in [-0.1, -0.05) is 23.7 Å². The molecule has 1 amide bonds. The monoisotopic (exact) mass is 347 g/mol. The van der Waals surface area contributed by atoms with E-state index in [-0.39, 0.29) is 18.0 Å². The van der Waals surface area contributed by atoms with Crippen LogP contribution >= 0.6 is 11.6 Å². The van der Waals surface area contributed by atoms with Crippen LogP contribution in [0.1, 0.15) is 23.2 Å². The average molecular weight is 348 g/mol. The summed E-state index contributed by atoms with van der Waals surface area (Å²) in [4.78, 5) is 22.5. The molecular formula is C17H18ClN3O3. The Morgan fingerprint density at radius 3 is 2.96 bits per heavy atom. The van der Waals surface area contributed by atoms with Gasteiger partial charge in [0.15, 0.2) is 0 Å². The first-order chi connectivity index (χ1) is 11.7. The molecule has 1 saturated heterocycles. The van der Waals surface area contributed by atoms with Crippen LogP contribution in [0.2, 0.25) is 5.02 Å². The van der Waals surface area contributed by atoms with E-state index in [1.54, 1.807) is 29.3 Å². The van der Waals surface area contributed by atoms with E-state index in [4.69, 9.17) is 21.1 Å². The molecule has 1 fully saturated rings. The molecule has 126 valence electrons. The highest BCUT2D eigenvalue weighted by Crippen LogP contribution is 2.22. The number of carbonyl (C=O) groups is 1. The summed E-state index contributed by atoms with van der Waals surface area (Å²) in [6, 6.07) is 9.02. The molecule has 1 aromatic heterocycles. The number of carbonyl (C=O) groups excluding carboxylic acids is 1. The van der Waals surface area contributed by atoms with Crippen LogP contribution in [0, 0.1) is 0 Å². The molecule has 0 N–H and O–H groups in total. The molecule has 2 aromatic rings. The lowest BCUT2D eigenvalue weighted by Crippen LogP contribution is -2.44. The Kier molecular flexibility index (Phi) is 5.15. The van der Waals surface area contributed by atoms with Crippen LogP contribution in [0.25, 0.3) is 0 Å². The van der Waals surface area contributed by atoms with Crippen LogP contribution in [-0.2, 0) is 0 Å². The predicted octanol–water partition coefficient (Wildman–Crippen LogP) is 2.82. The van der Waals surface area contributed by atoms with Crippen molar-refractivity contribution in [2.24, 2.45) is 0 Å². The van der Waals surface area contributed by atoms with E-state index in [1.807, 2.05) is 12.1 Å². The van der Waals surface area contributed by atoms with Gasteiger partial charge in [-0.25, -0.2) is 4.98 Å². The van der Waals surface area contributed by atoms with Crippen molar-refractivity contribution in [1.29, 1.82) is 0 Å². The lowest BCUT2D eigenvalue weighted by molar-refractivity contribution is 0.0526. The molecule has 7 heteroatoms. The maximum atomic E-state index is 12.7. The van der Waals surface area contributed by atoms with Crippen LogP contribution in [-0.4, -0.2) is 47.1 Å². The van der Waals surface area contributed by atoms with Crippen molar-refractivity contribution in [3.8, 4) is 11.9 Å². The first-order valence-corrected chi connectivity index (χ1v) is 8.12. The summed E-state index contributed by atoms with van der Waals surface area (Å²) in [6.07, 6.45) is 3.18. The van der Waals surface area contributed by atoms with Crippen LogP contribution in [0.3, 0.4) is 0 Å². The third-order valence-electron chi connectivity index (χ3n) is 3.85. The fourth-order valence-electron chi connectivity index (χ4n) is 2.68. The van der Waals surface area contributed by atoms with Crippen molar-refractivity contribution in [3.05, 3.63) is 47.1 Å². The molecule has 1 aliphatic heterocycles. The van der Waals surface area contributed by atoms with Gasteiger partial charge in [0, 0.05) is 18.8 Å². The van der Waals surface area contributed by atoms with Crippen molar-refractivity contribution in [3.63, 3.8) is 0 Å². The fraction of sp³-hybridized carbons (Fsp3) is 0.353. The smallest absolute Gasteiger partial charge is 0.319 e. The van der Waals surface area contributed by atoms with Crippen LogP contribution < -0.4 is 9.47 Å². The Labute approximate surface area is 145 Å². The molecule has 2 heterocycles. The molecule has 0 radical (unpaired) electrons. The van der Waals surface area contributed by atoms with Gasteiger partial charge in [0.25, 0.3) is 5.91 Å². The Bertz CT molecular complexity index is 726. The van der Waals surface area contributed by atoms with Crippen molar-refractivity contribution in [2.45, 2.75) is 18.9 Å². The topological polar surface area (TPSA) is 64.6 Å². The molecule has 24 heavy (non-hydrogen) atoms. The van der Waals surface area contributed by atoms with Gasteiger partial charge in [-0.15, -0.1) is 0 Å². The van der Waals surface area contributed by atoms with Gasteiger partial charge in [0.05, 0.1) is 24.2 Å². The largest absolute Gasteiger partial charge is 0.472 e. The Morgan fingerprint density at radius 2 is 2.17 bits per heavy atom. The van der Waals surface area contributed by atoms with E-state index in [9.17, 15) is 4.79 Å². The zero-order valence-electron chi connectivity index (χ0n) is 13.3. The first kappa shape index (κ1) is 16.5. The SMILES string of the molecule is COc1nccc(OC2CCCN(C(=O)c3ccccc3Cl)C2)n1. The van der Waals surface area contributed by atoms with Crippen molar-refractivity contribution < 1.29 is 14.3 Å². The molecule has 1 aliphatic rings. The third-order valence-corrected chi connectivity index (χ3v) is 4.18. The first-order valence-electron chi connectivity index (χ1n) is 7.75. The Balaban J connectivity index is 1.68. The van der Waals surface area contributed by atoms with Crippen molar-refractivity contribution in [2.75, 3.05) is 20.2 Å². The molecule has 0 saturated carbocycles. The minimum Gasteiger partial charge on any atom is -0.472 e. The molecule has 1 aromatic carbocycles. The predicted molar refractivity (Wildman–Crippen MR) is 89.6 cm³/mol. The van der Waals surface area contributed by atoms with Crippen molar-refractivity contribution >= 4 is 17.5 Å². The van der Waals surface area contributed by atoms with Gasteiger partial charge in [-0.2, -0.15) is 4.98 Å². The molecule has 1 atom stereocenters. The summed E-state index contributed by atoms with van der Waals surface area (Å²) in [5.41, 5.74) is 0.517. The number of halogens is 1. The minimum absolute atomic E-state index is 0.0748. The number of nitrogens with zero attached hydrogens (tertiary/aromatic N) is 3. The molecule has 0 aliphatic carbocycles. The van der Waals surface area contributed by atoms with E-state index in [0.717, 1.165) is 12.8 Å². The van der Waals surface area contributed by atoms with Gasteiger partial charge in [0.1, 0.15) is 6.10 Å². The molecule has 0 bridgehead atoms. The van der Waals surface area contributed by atoms with Crippen molar-refractivity contribution in [1.82, 2.24) is 14.9 Å². The minimum atomic E-state index is -0.121. The lowest BCUT2D eigenvalue weighted by Gasteiger charge is -2.32. The molecule has 1 unspecified atom stereocenters. The third kappa shape index (κ3) is 3.76. The summed E-state index contributed by atoms with van der Waals surface area (Å²) < 4.78 is 10.9. The number of hydrogen-bond donors (Lipinski definition) is 0. The fourth-order valence-corrected chi connectivity index (χ4v) is 2.90. The van der Waals surface area contributed by atoms with Gasteiger partial charge in [-0.3, -0.25) is 4.79 Å². The van der Waals surface area contributed by atoms with Gasteiger partial charge in [-0.05, 0) is 25.0 Å². The van der Waals surface area contributed by atoms with E-state index in [1.165, 1.54) is 7.11 Å². The zero-order valence-corrected chi connectivity index (χ0v) is 14.1. The number of rotatable bonds is 4. The standard InChI is InChI=1S/C17H18ClN3O3/c1-23-17-19-9-8-15(20-17)24-12-5-4-10-21(11-12)16(22)13-6-2-3-7-14(13)18/h2-3,6-9,12H,4-5,10-11H2,1H3. The highest BCUT2D eigenvalue weighted by Gasteiger charge is 2.27. The van der Waals surface area contributed by atoms with E-state index >= 15 is 0 Å². The zero-order chi connectivity index (χ0) is 16.9. The van der Waals surface area contributed by atoms with Gasteiger partial charge < -0.3 is 14.4 Å². The summed E-state index contributed by atoms with van der Waals surface area (Å²) >= 11 is 6.13. The summed E-state index contributed by atoms with van der Waals surface area (Å²) in [5.74, 6) is 0.369. The second kappa shape index (κ2) is 7.49. The van der Waals surface area contributed by atoms with Gasteiger partial charge in [0.2, 0.25) is 5.88 Å². The lowest BCUT2D eigenvalue weighted by atomic mass is 10.1. The number of likely N-dealkylation sites (tertiary alicyclic amines) is 1. The maximum absolute atomic E-state index is 12.7. The normalized spacial score (nSPS) is 17.4. The van der Waals surface area contributed by atoms with Crippen LogP contribution in [0.4, 0.5) is 0 Å². The average Bonchev–Trinajstić information content (AvgIpc) is 2.62. The molecule has 6 nitrogen and oxygen atoms in total. The number of hydrogen-bond acceptors (Lipinski definition) is 5. The number of amides is 1. The Morgan fingerprint density at radius 1 is 1.33 bits per heavy atom. The van der Waals surface area contributed by atoms with Crippen LogP contribution in [0.5, 0.6) is 11.9 Å². The Hall–Kier alpha value is -2.34. The number of aromatic nitrogens is 2. The second-order valence-corrected chi connectivity index (χ2v) is 5.90. The molecular weight excluding hydrogens is 330 g/mol. The quantitative estimate of drug-likeness (QED) is 0.851. The number of ether oxygens (including phenoxy) is 2. The summed E-state index contributed by atoms with van der Waals surface area (Å²) in [5, 5.41) is 0.464. The van der Waals surface area contributed by atoms with E-state index in [2.05, 4.69) is 9.97 Å².